The van der Waals surface area contributed by atoms with Crippen LogP contribution in [-0.2, 0) is 10.0 Å². The van der Waals surface area contributed by atoms with Gasteiger partial charge in [-0.2, -0.15) is 4.31 Å². The summed E-state index contributed by atoms with van der Waals surface area (Å²) in [6.45, 7) is 5.34. The molecule has 0 heterocycles. The van der Waals surface area contributed by atoms with Gasteiger partial charge in [-0.05, 0) is 33.1 Å². The molecule has 0 saturated heterocycles. The highest BCUT2D eigenvalue weighted by Gasteiger charge is 2.42. The Morgan fingerprint density at radius 2 is 1.94 bits per heavy atom. The molecule has 0 unspecified atom stereocenters. The molecule has 1 fully saturated rings. The number of aliphatic hydroxyl groups excluding tert-OH is 1. The summed E-state index contributed by atoms with van der Waals surface area (Å²) in [4.78, 5) is 0. The zero-order valence-corrected chi connectivity index (χ0v) is 11.2. The molecule has 1 N–H and O–H groups in total. The molecule has 16 heavy (non-hydrogen) atoms. The molecule has 1 saturated carbocycles. The van der Waals surface area contributed by atoms with Gasteiger partial charge in [-0.3, -0.25) is 0 Å². The van der Waals surface area contributed by atoms with Gasteiger partial charge >= 0.3 is 0 Å². The van der Waals surface area contributed by atoms with E-state index in [0.29, 0.717) is 0 Å². The van der Waals surface area contributed by atoms with Crippen LogP contribution in [0.3, 0.4) is 0 Å². The monoisotopic (exact) mass is 249 g/mol. The lowest BCUT2D eigenvalue weighted by Gasteiger charge is -2.31. The molecular formula is C11H23NO3S. The van der Waals surface area contributed by atoms with E-state index in [4.69, 9.17) is 0 Å². The molecule has 0 aromatic carbocycles. The summed E-state index contributed by atoms with van der Waals surface area (Å²) >= 11 is 0. The van der Waals surface area contributed by atoms with Crippen LogP contribution in [0.15, 0.2) is 0 Å². The first-order chi connectivity index (χ1) is 7.45. The predicted octanol–water partition coefficient (Wildman–Crippen LogP) is 1.35. The van der Waals surface area contributed by atoms with Crippen molar-refractivity contribution in [2.24, 2.45) is 0 Å². The Hall–Kier alpha value is -0.130. The van der Waals surface area contributed by atoms with E-state index in [1.54, 1.807) is 18.2 Å². The van der Waals surface area contributed by atoms with Crippen LogP contribution in [0.1, 0.15) is 46.5 Å². The number of nitrogens with zero attached hydrogens (tertiary/aromatic N) is 1. The van der Waals surface area contributed by atoms with Gasteiger partial charge in [0.15, 0.2) is 0 Å². The van der Waals surface area contributed by atoms with Crippen LogP contribution >= 0.6 is 0 Å². The number of hydrogen-bond donors (Lipinski definition) is 1. The fraction of sp³-hybridized carbons (Fsp3) is 1.00. The molecule has 0 aliphatic heterocycles. The van der Waals surface area contributed by atoms with E-state index in [2.05, 4.69) is 0 Å². The van der Waals surface area contributed by atoms with Gasteiger partial charge < -0.3 is 5.11 Å². The third kappa shape index (κ3) is 2.96. The lowest BCUT2D eigenvalue weighted by molar-refractivity contribution is 0.173. The molecule has 0 aromatic rings. The van der Waals surface area contributed by atoms with Gasteiger partial charge in [0.2, 0.25) is 10.0 Å². The Bertz CT molecular complexity index is 309. The Morgan fingerprint density at radius 3 is 2.25 bits per heavy atom. The highest BCUT2D eigenvalue weighted by Crippen LogP contribution is 2.33. The highest BCUT2D eigenvalue weighted by molar-refractivity contribution is 7.89. The Morgan fingerprint density at radius 1 is 1.38 bits per heavy atom. The summed E-state index contributed by atoms with van der Waals surface area (Å²) < 4.78 is 26.0. The largest absolute Gasteiger partial charge is 0.395 e. The number of sulfonamides is 1. The van der Waals surface area contributed by atoms with Crippen molar-refractivity contribution in [3.63, 3.8) is 0 Å². The zero-order valence-electron chi connectivity index (χ0n) is 10.4. The van der Waals surface area contributed by atoms with Gasteiger partial charge in [0, 0.05) is 12.1 Å². The topological polar surface area (TPSA) is 57.6 Å². The van der Waals surface area contributed by atoms with Gasteiger partial charge in [-0.15, -0.1) is 0 Å². The van der Waals surface area contributed by atoms with Crippen LogP contribution in [0.5, 0.6) is 0 Å². The summed E-state index contributed by atoms with van der Waals surface area (Å²) in [5.41, 5.74) is 0. The smallest absolute Gasteiger partial charge is 0.217 e. The van der Waals surface area contributed by atoms with E-state index in [1.807, 2.05) is 6.92 Å². The fourth-order valence-electron chi connectivity index (χ4n) is 1.92. The molecule has 0 amide bonds. The number of rotatable bonds is 7. The van der Waals surface area contributed by atoms with Crippen LogP contribution in [0, 0.1) is 0 Å². The van der Waals surface area contributed by atoms with E-state index in [0.717, 1.165) is 25.7 Å². The Kier molecular flexibility index (Phi) is 4.76. The average molecular weight is 249 g/mol. The maximum atomic E-state index is 12.2. The van der Waals surface area contributed by atoms with Crippen molar-refractivity contribution in [2.75, 3.05) is 6.61 Å². The van der Waals surface area contributed by atoms with E-state index in [9.17, 15) is 13.5 Å². The molecule has 0 bridgehead atoms. The summed E-state index contributed by atoms with van der Waals surface area (Å²) in [5, 5.41) is 8.94. The van der Waals surface area contributed by atoms with Crippen molar-refractivity contribution in [1.29, 1.82) is 0 Å². The van der Waals surface area contributed by atoms with Crippen molar-refractivity contribution in [1.82, 2.24) is 4.31 Å². The van der Waals surface area contributed by atoms with Crippen LogP contribution in [0.25, 0.3) is 0 Å². The van der Waals surface area contributed by atoms with Crippen LogP contribution in [0.4, 0.5) is 0 Å². The second kappa shape index (κ2) is 5.47. The second-order valence-electron chi connectivity index (χ2n) is 4.78. The van der Waals surface area contributed by atoms with Crippen LogP contribution in [-0.4, -0.2) is 41.8 Å². The Labute approximate surface area is 98.7 Å². The van der Waals surface area contributed by atoms with E-state index >= 15 is 0 Å². The fourth-order valence-corrected chi connectivity index (χ4v) is 3.62. The molecule has 4 nitrogen and oxygen atoms in total. The van der Waals surface area contributed by atoms with Gasteiger partial charge in [0.25, 0.3) is 0 Å². The molecule has 0 spiro atoms. The predicted molar refractivity (Wildman–Crippen MR) is 64.7 cm³/mol. The van der Waals surface area contributed by atoms with Crippen molar-refractivity contribution in [3.8, 4) is 0 Å². The van der Waals surface area contributed by atoms with Crippen molar-refractivity contribution < 1.29 is 13.5 Å². The van der Waals surface area contributed by atoms with Gasteiger partial charge in [-0.1, -0.05) is 13.3 Å². The lowest BCUT2D eigenvalue weighted by Crippen LogP contribution is -2.46. The summed E-state index contributed by atoms with van der Waals surface area (Å²) in [6, 6.07) is -0.0963. The molecule has 1 atom stereocenters. The normalized spacial score (nSPS) is 19.4. The maximum Gasteiger partial charge on any atom is 0.217 e. The molecule has 5 heteroatoms. The summed E-state index contributed by atoms with van der Waals surface area (Å²) in [6.07, 6.45) is 3.50. The van der Waals surface area contributed by atoms with Gasteiger partial charge in [0.1, 0.15) is 0 Å². The molecule has 0 radical (unpaired) electrons. The van der Waals surface area contributed by atoms with E-state index < -0.39 is 15.3 Å². The lowest BCUT2D eigenvalue weighted by atomic mass is 10.2. The average Bonchev–Trinajstić information content (AvgIpc) is 3.00. The van der Waals surface area contributed by atoms with Crippen LogP contribution in [0.2, 0.25) is 0 Å². The molecule has 96 valence electrons. The first-order valence-electron chi connectivity index (χ1n) is 6.08. The third-order valence-electron chi connectivity index (χ3n) is 2.99. The third-order valence-corrected chi connectivity index (χ3v) is 5.36. The van der Waals surface area contributed by atoms with Crippen molar-refractivity contribution in [2.45, 2.75) is 63.8 Å². The van der Waals surface area contributed by atoms with E-state index in [1.165, 1.54) is 0 Å². The first-order valence-corrected chi connectivity index (χ1v) is 7.58. The van der Waals surface area contributed by atoms with Crippen molar-refractivity contribution >= 4 is 10.0 Å². The summed E-state index contributed by atoms with van der Waals surface area (Å²) in [5.74, 6) is 0. The first kappa shape index (κ1) is 13.9. The minimum Gasteiger partial charge on any atom is -0.395 e. The molecule has 1 aliphatic rings. The highest BCUT2D eigenvalue weighted by atomic mass is 32.2. The second-order valence-corrected chi connectivity index (χ2v) is 7.17. The quantitative estimate of drug-likeness (QED) is 0.741. The van der Waals surface area contributed by atoms with E-state index in [-0.39, 0.29) is 18.7 Å². The van der Waals surface area contributed by atoms with Crippen LogP contribution < -0.4 is 0 Å². The molecule has 1 aliphatic carbocycles. The minimum atomic E-state index is -3.24. The maximum absolute atomic E-state index is 12.2. The SMILES string of the molecule is CCC[C@H](CO)N(C1CC1)S(=O)(=O)C(C)C. The molecular weight excluding hydrogens is 226 g/mol. The minimum absolute atomic E-state index is 0.0731. The molecule has 0 aromatic heterocycles. The van der Waals surface area contributed by atoms with Gasteiger partial charge in [0.05, 0.1) is 11.9 Å². The summed E-state index contributed by atoms with van der Waals surface area (Å²) in [7, 11) is -3.24. The standard InChI is InChI=1S/C11H23NO3S/c1-4-5-11(8-13)12(10-6-7-10)16(14,15)9(2)3/h9-11,13H,4-8H2,1-3H3/t11-/m1/s1. The molecule has 1 rings (SSSR count). The van der Waals surface area contributed by atoms with Crippen molar-refractivity contribution in [3.05, 3.63) is 0 Å². The number of aliphatic hydroxyl groups is 1. The Balaban J connectivity index is 2.89. The zero-order chi connectivity index (χ0) is 12.3. The van der Waals surface area contributed by atoms with Gasteiger partial charge in [-0.25, -0.2) is 8.42 Å². The number of hydrogen-bond acceptors (Lipinski definition) is 3.